The Morgan fingerprint density at radius 1 is 1.11 bits per heavy atom. The second kappa shape index (κ2) is 6.53. The van der Waals surface area contributed by atoms with Crippen LogP contribution in [0.5, 0.6) is 5.75 Å². The van der Waals surface area contributed by atoms with Crippen LogP contribution in [0.1, 0.15) is 11.3 Å². The minimum absolute atomic E-state index is 0.279. The number of benzene rings is 1. The van der Waals surface area contributed by atoms with Crippen LogP contribution in [0.4, 0.5) is 0 Å². The van der Waals surface area contributed by atoms with Crippen LogP contribution < -0.4 is 10.1 Å². The molecule has 0 atom stereocenters. The molecule has 1 heterocycles. The van der Waals surface area contributed by atoms with E-state index in [-0.39, 0.29) is 6.61 Å². The van der Waals surface area contributed by atoms with Crippen LogP contribution in [0.2, 0.25) is 15.1 Å². The minimum Gasteiger partial charge on any atom is -0.484 e. The van der Waals surface area contributed by atoms with Gasteiger partial charge in [-0.25, -0.2) is 0 Å². The van der Waals surface area contributed by atoms with Gasteiger partial charge in [-0.1, -0.05) is 34.8 Å². The molecule has 0 aliphatic carbocycles. The molecule has 1 aromatic heterocycles. The van der Waals surface area contributed by atoms with Gasteiger partial charge in [0.2, 0.25) is 0 Å². The second-order valence-corrected chi connectivity index (χ2v) is 5.16. The molecule has 0 saturated carbocycles. The fourth-order valence-corrected chi connectivity index (χ4v) is 2.15. The van der Waals surface area contributed by atoms with Gasteiger partial charge in [-0.05, 0) is 19.2 Å². The quantitative estimate of drug-likeness (QED) is 0.821. The predicted molar refractivity (Wildman–Crippen MR) is 77.3 cm³/mol. The molecule has 0 bridgehead atoms. The number of furan rings is 1. The molecule has 0 unspecified atom stereocenters. The Morgan fingerprint density at radius 2 is 1.84 bits per heavy atom. The first kappa shape index (κ1) is 14.5. The Labute approximate surface area is 126 Å². The Balaban J connectivity index is 2.03. The molecule has 0 amide bonds. The van der Waals surface area contributed by atoms with Crippen molar-refractivity contribution < 1.29 is 9.15 Å². The summed E-state index contributed by atoms with van der Waals surface area (Å²) in [5.74, 6) is 1.19. The van der Waals surface area contributed by atoms with E-state index in [1.165, 1.54) is 0 Å². The molecule has 0 aliphatic rings. The maximum Gasteiger partial charge on any atom is 0.146 e. The van der Waals surface area contributed by atoms with E-state index in [1.807, 2.05) is 13.1 Å². The van der Waals surface area contributed by atoms with E-state index in [9.17, 15) is 0 Å². The topological polar surface area (TPSA) is 34.4 Å². The SMILES string of the molecule is CNCc1coc(COc2cc(Cl)c(Cl)cc2Cl)c1. The van der Waals surface area contributed by atoms with E-state index in [0.29, 0.717) is 26.6 Å². The first-order chi connectivity index (χ1) is 9.10. The van der Waals surface area contributed by atoms with Crippen molar-refractivity contribution in [2.75, 3.05) is 7.05 Å². The lowest BCUT2D eigenvalue weighted by Crippen LogP contribution is -2.03. The van der Waals surface area contributed by atoms with Crippen LogP contribution in [0.3, 0.4) is 0 Å². The standard InChI is InChI=1S/C13H12Cl3NO2/c1-17-5-8-2-9(18-6-8)7-19-13-4-11(15)10(14)3-12(13)16/h2-4,6,17H,5,7H2,1H3. The maximum absolute atomic E-state index is 6.01. The Kier molecular flexibility index (Phi) is 4.99. The average molecular weight is 321 g/mol. The van der Waals surface area contributed by atoms with Crippen LogP contribution in [0.25, 0.3) is 0 Å². The van der Waals surface area contributed by atoms with Gasteiger partial charge in [0.25, 0.3) is 0 Å². The van der Waals surface area contributed by atoms with E-state index in [4.69, 9.17) is 44.0 Å². The number of rotatable bonds is 5. The number of hydrogen-bond donors (Lipinski definition) is 1. The molecule has 6 heteroatoms. The van der Waals surface area contributed by atoms with Gasteiger partial charge in [-0.3, -0.25) is 0 Å². The molecule has 3 nitrogen and oxygen atoms in total. The minimum atomic E-state index is 0.279. The first-order valence-electron chi connectivity index (χ1n) is 5.58. The summed E-state index contributed by atoms with van der Waals surface area (Å²) in [5.41, 5.74) is 1.06. The fourth-order valence-electron chi connectivity index (χ4n) is 1.56. The molecule has 19 heavy (non-hydrogen) atoms. The third kappa shape index (κ3) is 3.80. The summed E-state index contributed by atoms with van der Waals surface area (Å²) >= 11 is 17.8. The molecule has 0 spiro atoms. The third-order valence-electron chi connectivity index (χ3n) is 2.43. The van der Waals surface area contributed by atoms with Gasteiger partial charge in [0.1, 0.15) is 18.1 Å². The fraction of sp³-hybridized carbons (Fsp3) is 0.231. The zero-order valence-electron chi connectivity index (χ0n) is 10.2. The van der Waals surface area contributed by atoms with Crippen molar-refractivity contribution in [3.05, 3.63) is 50.9 Å². The number of hydrogen-bond acceptors (Lipinski definition) is 3. The van der Waals surface area contributed by atoms with Gasteiger partial charge < -0.3 is 14.5 Å². The average Bonchev–Trinajstić information content (AvgIpc) is 2.80. The molecule has 2 rings (SSSR count). The van der Waals surface area contributed by atoms with E-state index in [1.54, 1.807) is 18.4 Å². The molecular weight excluding hydrogens is 309 g/mol. The van der Waals surface area contributed by atoms with Gasteiger partial charge in [-0.15, -0.1) is 0 Å². The van der Waals surface area contributed by atoms with Crippen LogP contribution in [0, 0.1) is 0 Å². The highest BCUT2D eigenvalue weighted by molar-refractivity contribution is 6.43. The summed E-state index contributed by atoms with van der Waals surface area (Å²) in [4.78, 5) is 0. The molecule has 0 fully saturated rings. The first-order valence-corrected chi connectivity index (χ1v) is 6.71. The number of halogens is 3. The lowest BCUT2D eigenvalue weighted by Gasteiger charge is -2.07. The molecule has 2 aromatic rings. The Bertz CT molecular complexity index is 569. The molecule has 0 aliphatic heterocycles. The van der Waals surface area contributed by atoms with E-state index in [2.05, 4.69) is 5.32 Å². The summed E-state index contributed by atoms with van der Waals surface area (Å²) in [5, 5.41) is 4.25. The molecule has 0 saturated heterocycles. The van der Waals surface area contributed by atoms with Gasteiger partial charge in [0.05, 0.1) is 21.3 Å². The molecule has 102 valence electrons. The van der Waals surface area contributed by atoms with Crippen molar-refractivity contribution in [3.8, 4) is 5.75 Å². The van der Waals surface area contributed by atoms with Crippen molar-refractivity contribution in [1.82, 2.24) is 5.32 Å². The summed E-state index contributed by atoms with van der Waals surface area (Å²) in [6, 6.07) is 5.06. The Hall–Kier alpha value is -0.870. The normalized spacial score (nSPS) is 10.7. The number of nitrogens with one attached hydrogen (secondary N) is 1. The van der Waals surface area contributed by atoms with Crippen molar-refractivity contribution >= 4 is 34.8 Å². The van der Waals surface area contributed by atoms with E-state index < -0.39 is 0 Å². The smallest absolute Gasteiger partial charge is 0.146 e. The van der Waals surface area contributed by atoms with Gasteiger partial charge in [-0.2, -0.15) is 0 Å². The predicted octanol–water partition coefficient (Wildman–Crippen LogP) is 4.54. The van der Waals surface area contributed by atoms with E-state index in [0.717, 1.165) is 12.1 Å². The molecule has 1 aromatic carbocycles. The van der Waals surface area contributed by atoms with Crippen LogP contribution in [-0.4, -0.2) is 7.05 Å². The van der Waals surface area contributed by atoms with Crippen LogP contribution in [-0.2, 0) is 13.2 Å². The highest BCUT2D eigenvalue weighted by Gasteiger charge is 2.08. The van der Waals surface area contributed by atoms with Gasteiger partial charge in [0, 0.05) is 18.2 Å². The Morgan fingerprint density at radius 3 is 2.58 bits per heavy atom. The van der Waals surface area contributed by atoms with Crippen LogP contribution >= 0.6 is 34.8 Å². The lowest BCUT2D eigenvalue weighted by molar-refractivity contribution is 0.270. The summed E-state index contributed by atoms with van der Waals surface area (Å²) in [7, 11) is 1.87. The molecular formula is C13H12Cl3NO2. The van der Waals surface area contributed by atoms with Gasteiger partial charge in [0.15, 0.2) is 0 Å². The van der Waals surface area contributed by atoms with Crippen molar-refractivity contribution in [3.63, 3.8) is 0 Å². The summed E-state index contributed by atoms with van der Waals surface area (Å²) in [6.07, 6.45) is 1.69. The van der Waals surface area contributed by atoms with Crippen molar-refractivity contribution in [2.24, 2.45) is 0 Å². The highest BCUT2D eigenvalue weighted by atomic mass is 35.5. The summed E-state index contributed by atoms with van der Waals surface area (Å²) in [6.45, 7) is 1.03. The summed E-state index contributed by atoms with van der Waals surface area (Å²) < 4.78 is 10.9. The largest absolute Gasteiger partial charge is 0.484 e. The zero-order valence-corrected chi connectivity index (χ0v) is 12.4. The van der Waals surface area contributed by atoms with Crippen LogP contribution in [0.15, 0.2) is 28.9 Å². The molecule has 1 N–H and O–H groups in total. The lowest BCUT2D eigenvalue weighted by atomic mass is 10.3. The second-order valence-electron chi connectivity index (χ2n) is 3.94. The maximum atomic E-state index is 6.01. The van der Waals surface area contributed by atoms with Gasteiger partial charge >= 0.3 is 0 Å². The van der Waals surface area contributed by atoms with E-state index >= 15 is 0 Å². The molecule has 0 radical (unpaired) electrons. The zero-order chi connectivity index (χ0) is 13.8. The monoisotopic (exact) mass is 319 g/mol. The van der Waals surface area contributed by atoms with Crippen molar-refractivity contribution in [1.29, 1.82) is 0 Å². The number of ether oxygens (including phenoxy) is 1. The van der Waals surface area contributed by atoms with Crippen molar-refractivity contribution in [2.45, 2.75) is 13.2 Å². The third-order valence-corrected chi connectivity index (χ3v) is 3.45. The highest BCUT2D eigenvalue weighted by Crippen LogP contribution is 2.34.